The molecule has 1 aliphatic heterocycles. The van der Waals surface area contributed by atoms with Gasteiger partial charge < -0.3 is 4.74 Å². The van der Waals surface area contributed by atoms with Gasteiger partial charge >= 0.3 is 0 Å². The second kappa shape index (κ2) is 4.50. The molecule has 0 N–H and O–H groups in total. The third-order valence-electron chi connectivity index (χ3n) is 3.32. The third kappa shape index (κ3) is 1.84. The van der Waals surface area contributed by atoms with Gasteiger partial charge in [-0.05, 0) is 30.6 Å². The zero-order chi connectivity index (χ0) is 11.6. The predicted molar refractivity (Wildman–Crippen MR) is 69.1 cm³/mol. The minimum absolute atomic E-state index is 0.168. The van der Waals surface area contributed by atoms with Gasteiger partial charge in [0.25, 0.3) is 0 Å². The lowest BCUT2D eigenvalue weighted by Crippen LogP contribution is -2.35. The van der Waals surface area contributed by atoms with Gasteiger partial charge in [0.1, 0.15) is 11.4 Å². The maximum Gasteiger partial charge on any atom is 0.128 e. The molecule has 1 aromatic carbocycles. The molecule has 0 radical (unpaired) electrons. The number of alkyl halides is 1. The number of rotatable bonds is 3. The van der Waals surface area contributed by atoms with Gasteiger partial charge in [0.15, 0.2) is 0 Å². The summed E-state index contributed by atoms with van der Waals surface area (Å²) in [6, 6.07) is 8.12. The van der Waals surface area contributed by atoms with Crippen LogP contribution in [0.5, 0.6) is 5.75 Å². The van der Waals surface area contributed by atoms with E-state index in [-0.39, 0.29) is 5.60 Å². The van der Waals surface area contributed by atoms with Crippen molar-refractivity contribution in [2.75, 3.05) is 5.88 Å². The van der Waals surface area contributed by atoms with E-state index in [9.17, 15) is 0 Å². The molecule has 2 rings (SSSR count). The van der Waals surface area contributed by atoms with Gasteiger partial charge in [-0.25, -0.2) is 0 Å². The van der Waals surface area contributed by atoms with Crippen LogP contribution in [0.25, 0.3) is 5.57 Å². The highest BCUT2D eigenvalue weighted by Crippen LogP contribution is 2.39. The zero-order valence-corrected chi connectivity index (χ0v) is 10.6. The molecule has 0 bridgehead atoms. The average molecular weight is 237 g/mol. The van der Waals surface area contributed by atoms with Gasteiger partial charge in [-0.15, -0.1) is 11.6 Å². The second-order valence-corrected chi connectivity index (χ2v) is 4.44. The Bertz CT molecular complexity index is 405. The van der Waals surface area contributed by atoms with Crippen molar-refractivity contribution in [3.8, 4) is 5.75 Å². The molecule has 0 saturated heterocycles. The summed E-state index contributed by atoms with van der Waals surface area (Å²) in [6.07, 6.45) is 4.14. The van der Waals surface area contributed by atoms with E-state index in [1.54, 1.807) is 0 Å². The molecule has 1 aliphatic rings. The van der Waals surface area contributed by atoms with Crippen molar-refractivity contribution in [3.05, 3.63) is 35.9 Å². The van der Waals surface area contributed by atoms with Crippen LogP contribution in [0.2, 0.25) is 0 Å². The number of halogens is 1. The van der Waals surface area contributed by atoms with E-state index in [0.717, 1.165) is 24.2 Å². The normalized spacial score (nSPS) is 17.3. The van der Waals surface area contributed by atoms with Crippen LogP contribution in [-0.4, -0.2) is 11.5 Å². The number of para-hydroxylation sites is 1. The molecule has 0 fully saturated rings. The van der Waals surface area contributed by atoms with Crippen LogP contribution in [-0.2, 0) is 0 Å². The summed E-state index contributed by atoms with van der Waals surface area (Å²) >= 11 is 6.03. The third-order valence-corrected chi connectivity index (χ3v) is 3.61. The lowest BCUT2D eigenvalue weighted by atomic mass is 9.89. The summed E-state index contributed by atoms with van der Waals surface area (Å²) in [5, 5.41) is 0. The van der Waals surface area contributed by atoms with Crippen LogP contribution in [0.1, 0.15) is 32.3 Å². The Hall–Kier alpha value is -0.950. The van der Waals surface area contributed by atoms with Gasteiger partial charge in [0.2, 0.25) is 0 Å². The fourth-order valence-corrected chi connectivity index (χ4v) is 2.39. The molecule has 0 spiro atoms. The SMILES string of the molecule is CCC1(CC)C=C(CCl)c2ccccc2O1. The Balaban J connectivity index is 2.50. The number of ether oxygens (including phenoxy) is 1. The zero-order valence-electron chi connectivity index (χ0n) is 9.79. The molecule has 1 aromatic rings. The van der Waals surface area contributed by atoms with Crippen LogP contribution >= 0.6 is 11.6 Å². The minimum atomic E-state index is -0.168. The Morgan fingerprint density at radius 2 is 1.88 bits per heavy atom. The van der Waals surface area contributed by atoms with Crippen molar-refractivity contribution in [1.82, 2.24) is 0 Å². The molecule has 0 aliphatic carbocycles. The van der Waals surface area contributed by atoms with Crippen LogP contribution in [0.15, 0.2) is 30.3 Å². The van der Waals surface area contributed by atoms with E-state index in [0.29, 0.717) is 5.88 Å². The van der Waals surface area contributed by atoms with Crippen molar-refractivity contribution in [3.63, 3.8) is 0 Å². The highest BCUT2D eigenvalue weighted by Gasteiger charge is 2.31. The van der Waals surface area contributed by atoms with Crippen LogP contribution < -0.4 is 4.74 Å². The van der Waals surface area contributed by atoms with Crippen LogP contribution in [0.3, 0.4) is 0 Å². The smallest absolute Gasteiger partial charge is 0.128 e. The van der Waals surface area contributed by atoms with E-state index >= 15 is 0 Å². The first-order valence-corrected chi connectivity index (χ1v) is 6.34. The molecule has 86 valence electrons. The Morgan fingerprint density at radius 3 is 2.50 bits per heavy atom. The minimum Gasteiger partial charge on any atom is -0.483 e. The summed E-state index contributed by atoms with van der Waals surface area (Å²) in [6.45, 7) is 4.31. The fourth-order valence-electron chi connectivity index (χ4n) is 2.17. The van der Waals surface area contributed by atoms with Crippen molar-refractivity contribution < 1.29 is 4.74 Å². The number of allylic oxidation sites excluding steroid dienone is 1. The molecule has 0 unspecified atom stereocenters. The molecule has 0 aromatic heterocycles. The average Bonchev–Trinajstić information content (AvgIpc) is 2.37. The molecule has 1 heterocycles. The monoisotopic (exact) mass is 236 g/mol. The Morgan fingerprint density at radius 1 is 1.19 bits per heavy atom. The Kier molecular flexibility index (Phi) is 3.25. The molecule has 16 heavy (non-hydrogen) atoms. The van der Waals surface area contributed by atoms with Gasteiger partial charge in [0.05, 0.1) is 0 Å². The molecule has 0 atom stereocenters. The summed E-state index contributed by atoms with van der Waals surface area (Å²) in [5.74, 6) is 1.51. The molecule has 1 nitrogen and oxygen atoms in total. The first kappa shape index (κ1) is 11.5. The summed E-state index contributed by atoms with van der Waals surface area (Å²) in [7, 11) is 0. The van der Waals surface area contributed by atoms with Crippen molar-refractivity contribution in [2.24, 2.45) is 0 Å². The topological polar surface area (TPSA) is 9.23 Å². The number of fused-ring (bicyclic) bond motifs is 1. The standard InChI is InChI=1S/C14H17ClO/c1-3-14(4-2)9-11(10-15)12-7-5-6-8-13(12)16-14/h5-9H,3-4,10H2,1-2H3. The molecular formula is C14H17ClO. The van der Waals surface area contributed by atoms with E-state index in [1.807, 2.05) is 18.2 Å². The number of hydrogen-bond acceptors (Lipinski definition) is 1. The van der Waals surface area contributed by atoms with Gasteiger partial charge in [0, 0.05) is 11.4 Å². The summed E-state index contributed by atoms with van der Waals surface area (Å²) in [5.41, 5.74) is 2.15. The lowest BCUT2D eigenvalue weighted by molar-refractivity contribution is 0.108. The highest BCUT2D eigenvalue weighted by atomic mass is 35.5. The summed E-state index contributed by atoms with van der Waals surface area (Å²) < 4.78 is 6.11. The lowest BCUT2D eigenvalue weighted by Gasteiger charge is -2.35. The Labute approximate surface area is 102 Å². The molecule has 0 saturated carbocycles. The first-order valence-electron chi connectivity index (χ1n) is 5.81. The van der Waals surface area contributed by atoms with Crippen molar-refractivity contribution in [1.29, 1.82) is 0 Å². The van der Waals surface area contributed by atoms with E-state index < -0.39 is 0 Å². The molecule has 0 amide bonds. The molecular weight excluding hydrogens is 220 g/mol. The van der Waals surface area contributed by atoms with E-state index in [4.69, 9.17) is 16.3 Å². The second-order valence-electron chi connectivity index (χ2n) is 4.17. The van der Waals surface area contributed by atoms with Crippen molar-refractivity contribution in [2.45, 2.75) is 32.3 Å². The van der Waals surface area contributed by atoms with Gasteiger partial charge in [-0.2, -0.15) is 0 Å². The fraction of sp³-hybridized carbons (Fsp3) is 0.429. The van der Waals surface area contributed by atoms with Gasteiger partial charge in [-0.1, -0.05) is 32.0 Å². The quantitative estimate of drug-likeness (QED) is 0.713. The maximum atomic E-state index is 6.11. The highest BCUT2D eigenvalue weighted by molar-refractivity contribution is 6.23. The largest absolute Gasteiger partial charge is 0.483 e. The molecule has 2 heteroatoms. The van der Waals surface area contributed by atoms with Crippen LogP contribution in [0, 0.1) is 0 Å². The van der Waals surface area contributed by atoms with E-state index in [2.05, 4.69) is 26.0 Å². The van der Waals surface area contributed by atoms with Crippen LogP contribution in [0.4, 0.5) is 0 Å². The van der Waals surface area contributed by atoms with E-state index in [1.165, 1.54) is 5.57 Å². The predicted octanol–water partition coefficient (Wildman–Crippen LogP) is 4.26. The first-order chi connectivity index (χ1) is 7.74. The van der Waals surface area contributed by atoms with Crippen molar-refractivity contribution >= 4 is 17.2 Å². The maximum absolute atomic E-state index is 6.11. The van der Waals surface area contributed by atoms with Gasteiger partial charge in [-0.3, -0.25) is 0 Å². The summed E-state index contributed by atoms with van der Waals surface area (Å²) in [4.78, 5) is 0. The number of benzene rings is 1. The number of hydrogen-bond donors (Lipinski definition) is 0.